The summed E-state index contributed by atoms with van der Waals surface area (Å²) in [6, 6.07) is 21.1. The van der Waals surface area contributed by atoms with Gasteiger partial charge in [-0.15, -0.1) is 33.2 Å². The Bertz CT molecular complexity index is 689. The highest BCUT2D eigenvalue weighted by Crippen LogP contribution is 2.45. The molecule has 3 aromatic carbocycles. The quantitative estimate of drug-likeness (QED) is 0.310. The van der Waals surface area contributed by atoms with Gasteiger partial charge in [0.1, 0.15) is 17.2 Å². The Kier molecular flexibility index (Phi) is 5.73. The second kappa shape index (κ2) is 7.41. The Balaban J connectivity index is 0.00000208. The number of halogens is 1. The molecule has 1 unspecified atom stereocenters. The SMILES string of the molecule is I.Oc1ccc(C(P)(c2ccc(O)cc2)c2ccc(O)cc2)cc1. The molecule has 0 spiro atoms. The van der Waals surface area contributed by atoms with Gasteiger partial charge in [-0.2, -0.15) is 0 Å². The summed E-state index contributed by atoms with van der Waals surface area (Å²) in [7, 11) is 2.86. The zero-order valence-corrected chi connectivity index (χ0v) is 16.2. The standard InChI is InChI=1S/C19H17O3P.HI/c20-16-7-1-13(2-8-16)19(23,14-3-9-17(21)10-4-14)15-5-11-18(22)12-6-15;/h1-12,20-22H,23H2;1H. The summed E-state index contributed by atoms with van der Waals surface area (Å²) < 4.78 is 0. The first-order chi connectivity index (χ1) is 11.0. The van der Waals surface area contributed by atoms with Crippen LogP contribution in [-0.4, -0.2) is 15.3 Å². The van der Waals surface area contributed by atoms with E-state index in [4.69, 9.17) is 0 Å². The highest BCUT2D eigenvalue weighted by molar-refractivity contribution is 14.0. The first-order valence-corrected chi connectivity index (χ1v) is 7.75. The van der Waals surface area contributed by atoms with Gasteiger partial charge >= 0.3 is 0 Å². The first kappa shape index (κ1) is 18.6. The molecule has 0 aromatic heterocycles. The number of phenols is 3. The maximum atomic E-state index is 9.56. The minimum atomic E-state index is -0.560. The van der Waals surface area contributed by atoms with Crippen molar-refractivity contribution in [3.05, 3.63) is 89.5 Å². The van der Waals surface area contributed by atoms with E-state index in [0.717, 1.165) is 16.7 Å². The Hall–Kier alpha value is -1.78. The molecule has 0 radical (unpaired) electrons. The molecule has 0 heterocycles. The molecule has 0 amide bonds. The predicted molar refractivity (Wildman–Crippen MR) is 109 cm³/mol. The average Bonchev–Trinajstić information content (AvgIpc) is 2.56. The van der Waals surface area contributed by atoms with Gasteiger partial charge in [0.25, 0.3) is 0 Å². The summed E-state index contributed by atoms with van der Waals surface area (Å²) in [5.74, 6) is 0.618. The average molecular weight is 452 g/mol. The monoisotopic (exact) mass is 452 g/mol. The number of phenolic OH excluding ortho intramolecular Hbond substituents is 3. The number of hydrogen-bond acceptors (Lipinski definition) is 3. The lowest BCUT2D eigenvalue weighted by Crippen LogP contribution is -2.21. The lowest BCUT2D eigenvalue weighted by molar-refractivity contribution is 0.475. The van der Waals surface area contributed by atoms with Crippen LogP contribution in [0.4, 0.5) is 0 Å². The number of aromatic hydroxyl groups is 3. The molecule has 3 N–H and O–H groups in total. The maximum Gasteiger partial charge on any atom is 0.115 e. The smallest absolute Gasteiger partial charge is 0.115 e. The minimum Gasteiger partial charge on any atom is -0.508 e. The highest BCUT2D eigenvalue weighted by atomic mass is 127. The molecule has 3 nitrogen and oxygen atoms in total. The Morgan fingerprint density at radius 3 is 0.917 bits per heavy atom. The van der Waals surface area contributed by atoms with Crippen molar-refractivity contribution in [2.75, 3.05) is 0 Å². The summed E-state index contributed by atoms with van der Waals surface area (Å²) in [6.07, 6.45) is 0. The van der Waals surface area contributed by atoms with Gasteiger partial charge in [-0.25, -0.2) is 0 Å². The maximum absolute atomic E-state index is 9.56. The summed E-state index contributed by atoms with van der Waals surface area (Å²) in [5, 5.41) is 28.1. The van der Waals surface area contributed by atoms with Crippen molar-refractivity contribution in [1.82, 2.24) is 0 Å². The van der Waals surface area contributed by atoms with Crippen LogP contribution in [0.1, 0.15) is 16.7 Å². The molecule has 5 heteroatoms. The summed E-state index contributed by atoms with van der Waals surface area (Å²) >= 11 is 0. The number of rotatable bonds is 3. The minimum absolute atomic E-state index is 0. The second-order valence-electron chi connectivity index (χ2n) is 5.45. The Labute approximate surface area is 160 Å². The molecule has 24 heavy (non-hydrogen) atoms. The van der Waals surface area contributed by atoms with Crippen molar-refractivity contribution < 1.29 is 15.3 Å². The van der Waals surface area contributed by atoms with Crippen LogP contribution in [0.15, 0.2) is 72.8 Å². The van der Waals surface area contributed by atoms with Crippen molar-refractivity contribution in [1.29, 1.82) is 0 Å². The summed E-state index contributed by atoms with van der Waals surface area (Å²) in [4.78, 5) is 0. The molecule has 1 atom stereocenters. The van der Waals surface area contributed by atoms with Crippen LogP contribution in [0.25, 0.3) is 0 Å². The number of hydrogen-bond donors (Lipinski definition) is 3. The van der Waals surface area contributed by atoms with Gasteiger partial charge in [-0.3, -0.25) is 0 Å². The van der Waals surface area contributed by atoms with Crippen LogP contribution in [0.3, 0.4) is 0 Å². The van der Waals surface area contributed by atoms with E-state index in [1.165, 1.54) is 0 Å². The van der Waals surface area contributed by atoms with Crippen LogP contribution in [0, 0.1) is 0 Å². The second-order valence-corrected chi connectivity index (χ2v) is 6.31. The van der Waals surface area contributed by atoms with Crippen molar-refractivity contribution in [3.8, 4) is 17.2 Å². The Morgan fingerprint density at radius 2 is 0.708 bits per heavy atom. The third-order valence-corrected chi connectivity index (χ3v) is 4.97. The molecule has 0 bridgehead atoms. The molecule has 0 saturated carbocycles. The van der Waals surface area contributed by atoms with E-state index in [9.17, 15) is 15.3 Å². The topological polar surface area (TPSA) is 60.7 Å². The predicted octanol–water partition coefficient (Wildman–Crippen LogP) is 4.59. The fourth-order valence-electron chi connectivity index (χ4n) is 2.67. The van der Waals surface area contributed by atoms with Crippen LogP contribution in [0.5, 0.6) is 17.2 Å². The Morgan fingerprint density at radius 1 is 0.500 bits per heavy atom. The third kappa shape index (κ3) is 3.50. The van der Waals surface area contributed by atoms with E-state index in [-0.39, 0.29) is 41.2 Å². The van der Waals surface area contributed by atoms with Gasteiger partial charge in [0.15, 0.2) is 0 Å². The molecule has 0 aliphatic carbocycles. The molecular weight excluding hydrogens is 434 g/mol. The molecule has 124 valence electrons. The third-order valence-electron chi connectivity index (χ3n) is 3.97. The summed E-state index contributed by atoms with van der Waals surface area (Å²) in [6.45, 7) is 0. The van der Waals surface area contributed by atoms with Gasteiger partial charge < -0.3 is 15.3 Å². The van der Waals surface area contributed by atoms with Gasteiger partial charge in [-0.1, -0.05) is 36.4 Å². The molecule has 0 saturated heterocycles. The molecule has 3 rings (SSSR count). The highest BCUT2D eigenvalue weighted by Gasteiger charge is 2.31. The molecule has 3 aromatic rings. The van der Waals surface area contributed by atoms with Crippen molar-refractivity contribution in [2.45, 2.75) is 5.16 Å². The van der Waals surface area contributed by atoms with Gasteiger partial charge in [0, 0.05) is 0 Å². The van der Waals surface area contributed by atoms with E-state index < -0.39 is 5.16 Å². The molecule has 0 fully saturated rings. The van der Waals surface area contributed by atoms with Crippen molar-refractivity contribution in [2.24, 2.45) is 0 Å². The molecule has 0 aliphatic heterocycles. The van der Waals surface area contributed by atoms with Gasteiger partial charge in [0.2, 0.25) is 0 Å². The fraction of sp³-hybridized carbons (Fsp3) is 0.0526. The van der Waals surface area contributed by atoms with E-state index >= 15 is 0 Å². The fourth-order valence-corrected chi connectivity index (χ4v) is 3.25. The molecule has 0 aliphatic rings. The van der Waals surface area contributed by atoms with Gasteiger partial charge in [-0.05, 0) is 53.1 Å². The van der Waals surface area contributed by atoms with E-state index in [1.54, 1.807) is 36.4 Å². The lowest BCUT2D eigenvalue weighted by Gasteiger charge is -2.31. The van der Waals surface area contributed by atoms with E-state index in [2.05, 4.69) is 9.24 Å². The van der Waals surface area contributed by atoms with E-state index in [1.807, 2.05) is 36.4 Å². The summed E-state index contributed by atoms with van der Waals surface area (Å²) in [5.41, 5.74) is 2.91. The van der Waals surface area contributed by atoms with Crippen LogP contribution >= 0.6 is 33.2 Å². The number of benzene rings is 3. The normalized spacial score (nSPS) is 10.9. The van der Waals surface area contributed by atoms with E-state index in [0.29, 0.717) is 0 Å². The van der Waals surface area contributed by atoms with Crippen molar-refractivity contribution >= 4 is 33.2 Å². The van der Waals surface area contributed by atoms with Crippen LogP contribution in [0.2, 0.25) is 0 Å². The largest absolute Gasteiger partial charge is 0.508 e. The van der Waals surface area contributed by atoms with Gasteiger partial charge in [0.05, 0.1) is 5.16 Å². The van der Waals surface area contributed by atoms with Crippen LogP contribution < -0.4 is 0 Å². The molecular formula is C19H18IO3P. The zero-order chi connectivity index (χ0) is 16.4. The zero-order valence-electron chi connectivity index (χ0n) is 12.8. The van der Waals surface area contributed by atoms with Crippen molar-refractivity contribution in [3.63, 3.8) is 0 Å². The first-order valence-electron chi connectivity index (χ1n) is 7.17. The van der Waals surface area contributed by atoms with Crippen LogP contribution in [-0.2, 0) is 5.16 Å². The lowest BCUT2D eigenvalue weighted by atomic mass is 9.84.